The van der Waals surface area contributed by atoms with E-state index in [4.69, 9.17) is 0 Å². The molecule has 1 fully saturated rings. The second-order valence-electron chi connectivity index (χ2n) is 5.66. The summed E-state index contributed by atoms with van der Waals surface area (Å²) in [4.78, 5) is 4.20. The van der Waals surface area contributed by atoms with Crippen LogP contribution in [0.15, 0.2) is 24.4 Å². The number of hydrogen-bond acceptors (Lipinski definition) is 3. The highest BCUT2D eigenvalue weighted by Crippen LogP contribution is 2.47. The summed E-state index contributed by atoms with van der Waals surface area (Å²) < 4.78 is 0. The van der Waals surface area contributed by atoms with Gasteiger partial charge in [0.25, 0.3) is 0 Å². The predicted octanol–water partition coefficient (Wildman–Crippen LogP) is 3.62. The molecule has 0 aromatic carbocycles. The molecule has 1 aliphatic rings. The van der Waals surface area contributed by atoms with Gasteiger partial charge >= 0.3 is 0 Å². The number of aliphatic hydroxyl groups excluding tert-OH is 1. The first kappa shape index (κ1) is 14.0. The molecule has 1 aliphatic carbocycles. The Kier molecular flexibility index (Phi) is 4.55. The van der Waals surface area contributed by atoms with Crippen LogP contribution in [0.4, 0.5) is 0 Å². The van der Waals surface area contributed by atoms with Gasteiger partial charge in [0.1, 0.15) is 6.10 Å². The van der Waals surface area contributed by atoms with Gasteiger partial charge in [0.15, 0.2) is 0 Å². The van der Waals surface area contributed by atoms with E-state index in [1.807, 2.05) is 18.2 Å². The van der Waals surface area contributed by atoms with E-state index in [1.54, 1.807) is 6.20 Å². The molecule has 0 radical (unpaired) electrons. The van der Waals surface area contributed by atoms with E-state index in [0.717, 1.165) is 31.6 Å². The summed E-state index contributed by atoms with van der Waals surface area (Å²) in [5.74, 6) is 0.724. The van der Waals surface area contributed by atoms with Crippen LogP contribution in [0, 0.1) is 22.7 Å². The minimum absolute atomic E-state index is 0.623. The van der Waals surface area contributed by atoms with Crippen LogP contribution in [-0.2, 0) is 0 Å². The summed E-state index contributed by atoms with van der Waals surface area (Å²) in [7, 11) is 0. The van der Waals surface area contributed by atoms with Crippen molar-refractivity contribution in [3.8, 4) is 6.07 Å². The van der Waals surface area contributed by atoms with E-state index in [0.29, 0.717) is 5.69 Å². The Balaban J connectivity index is 2.10. The van der Waals surface area contributed by atoms with E-state index < -0.39 is 11.5 Å². The Labute approximate surface area is 115 Å². The molecular weight excluding hydrogens is 236 g/mol. The maximum absolute atomic E-state index is 10.5. The highest BCUT2D eigenvalue weighted by atomic mass is 16.3. The Morgan fingerprint density at radius 3 is 2.74 bits per heavy atom. The zero-order valence-corrected chi connectivity index (χ0v) is 11.5. The van der Waals surface area contributed by atoms with Gasteiger partial charge in [0.2, 0.25) is 0 Å². The summed E-state index contributed by atoms with van der Waals surface area (Å²) in [6.45, 7) is 2.20. The number of hydrogen-bond donors (Lipinski definition) is 1. The first-order valence-corrected chi connectivity index (χ1v) is 7.22. The molecule has 3 nitrogen and oxygen atoms in total. The van der Waals surface area contributed by atoms with Gasteiger partial charge in [0.05, 0.1) is 17.2 Å². The van der Waals surface area contributed by atoms with E-state index in [2.05, 4.69) is 18.0 Å². The maximum atomic E-state index is 10.5. The topological polar surface area (TPSA) is 56.9 Å². The van der Waals surface area contributed by atoms with Gasteiger partial charge in [-0.15, -0.1) is 0 Å². The first-order chi connectivity index (χ1) is 9.22. The van der Waals surface area contributed by atoms with Crippen molar-refractivity contribution in [1.82, 2.24) is 4.98 Å². The normalized spacial score (nSPS) is 28.6. The molecule has 1 N–H and O–H groups in total. The van der Waals surface area contributed by atoms with Crippen molar-refractivity contribution >= 4 is 0 Å². The second-order valence-corrected chi connectivity index (χ2v) is 5.66. The van der Waals surface area contributed by atoms with Crippen LogP contribution >= 0.6 is 0 Å². The molecule has 1 aromatic rings. The lowest BCUT2D eigenvalue weighted by molar-refractivity contribution is 0.0207. The third-order valence-electron chi connectivity index (χ3n) is 4.41. The molecule has 1 aromatic heterocycles. The third kappa shape index (κ3) is 2.96. The van der Waals surface area contributed by atoms with E-state index in [-0.39, 0.29) is 0 Å². The van der Waals surface area contributed by atoms with Crippen molar-refractivity contribution in [2.45, 2.75) is 51.6 Å². The molecule has 0 bridgehead atoms. The zero-order chi connectivity index (χ0) is 13.7. The lowest BCUT2D eigenvalue weighted by Crippen LogP contribution is -2.33. The van der Waals surface area contributed by atoms with Crippen LogP contribution in [0.25, 0.3) is 0 Å². The maximum Gasteiger partial charge on any atom is 0.114 e. The number of nitriles is 1. The van der Waals surface area contributed by atoms with Gasteiger partial charge in [-0.05, 0) is 43.7 Å². The van der Waals surface area contributed by atoms with Crippen molar-refractivity contribution in [2.24, 2.45) is 11.3 Å². The van der Waals surface area contributed by atoms with Crippen molar-refractivity contribution in [3.63, 3.8) is 0 Å². The van der Waals surface area contributed by atoms with Gasteiger partial charge in [-0.2, -0.15) is 5.26 Å². The van der Waals surface area contributed by atoms with Gasteiger partial charge in [-0.25, -0.2) is 0 Å². The van der Waals surface area contributed by atoms with Crippen LogP contribution in [0.3, 0.4) is 0 Å². The van der Waals surface area contributed by atoms with Crippen molar-refractivity contribution in [2.75, 3.05) is 0 Å². The molecule has 1 saturated carbocycles. The SMILES string of the molecule is CCCC1CCC(C#N)(C(O)c2ccccn2)CC1. The Morgan fingerprint density at radius 2 is 2.21 bits per heavy atom. The van der Waals surface area contributed by atoms with Crippen LogP contribution < -0.4 is 0 Å². The molecule has 3 heteroatoms. The first-order valence-electron chi connectivity index (χ1n) is 7.22. The van der Waals surface area contributed by atoms with Crippen LogP contribution in [0.1, 0.15) is 57.2 Å². The fourth-order valence-electron chi connectivity index (χ4n) is 3.16. The van der Waals surface area contributed by atoms with Gasteiger partial charge in [-0.1, -0.05) is 25.8 Å². The predicted molar refractivity (Wildman–Crippen MR) is 74.1 cm³/mol. The molecule has 0 amide bonds. The second kappa shape index (κ2) is 6.16. The molecule has 19 heavy (non-hydrogen) atoms. The van der Waals surface area contributed by atoms with Crippen molar-refractivity contribution < 1.29 is 5.11 Å². The Bertz CT molecular complexity index is 430. The fourth-order valence-corrected chi connectivity index (χ4v) is 3.16. The van der Waals surface area contributed by atoms with E-state index >= 15 is 0 Å². The number of nitrogens with zero attached hydrogens (tertiary/aromatic N) is 2. The zero-order valence-electron chi connectivity index (χ0n) is 11.5. The number of aromatic nitrogens is 1. The van der Waals surface area contributed by atoms with Crippen LogP contribution in [-0.4, -0.2) is 10.1 Å². The monoisotopic (exact) mass is 258 g/mol. The summed E-state index contributed by atoms with van der Waals surface area (Å²) in [6.07, 6.45) is 7.01. The molecule has 0 spiro atoms. The van der Waals surface area contributed by atoms with Crippen LogP contribution in [0.5, 0.6) is 0 Å². The number of rotatable bonds is 4. The van der Waals surface area contributed by atoms with Crippen LogP contribution in [0.2, 0.25) is 0 Å². The summed E-state index contributed by atoms with van der Waals surface area (Å²) >= 11 is 0. The Morgan fingerprint density at radius 1 is 1.47 bits per heavy atom. The standard InChI is InChI=1S/C16H22N2O/c1-2-5-13-7-9-16(12-17,10-8-13)15(19)14-6-3-4-11-18-14/h3-4,6,11,13,15,19H,2,5,7-10H2,1H3. The summed E-state index contributed by atoms with van der Waals surface area (Å²) in [6, 6.07) is 7.88. The lowest BCUT2D eigenvalue weighted by Gasteiger charge is -2.38. The van der Waals surface area contributed by atoms with Gasteiger partial charge in [0, 0.05) is 6.20 Å². The number of aliphatic hydroxyl groups is 1. The Hall–Kier alpha value is -1.40. The molecule has 0 saturated heterocycles. The molecule has 1 unspecified atom stereocenters. The largest absolute Gasteiger partial charge is 0.385 e. The summed E-state index contributed by atoms with van der Waals surface area (Å²) in [5.41, 5.74) is -0.0171. The molecule has 1 heterocycles. The van der Waals surface area contributed by atoms with Gasteiger partial charge in [-0.3, -0.25) is 4.98 Å². The number of pyridine rings is 1. The van der Waals surface area contributed by atoms with Gasteiger partial charge < -0.3 is 5.11 Å². The van der Waals surface area contributed by atoms with Crippen molar-refractivity contribution in [1.29, 1.82) is 5.26 Å². The lowest BCUT2D eigenvalue weighted by atomic mass is 9.66. The molecular formula is C16H22N2O. The fraction of sp³-hybridized carbons (Fsp3) is 0.625. The average molecular weight is 258 g/mol. The molecule has 1 atom stereocenters. The minimum atomic E-state index is -0.763. The third-order valence-corrected chi connectivity index (χ3v) is 4.41. The highest BCUT2D eigenvalue weighted by Gasteiger charge is 2.42. The van der Waals surface area contributed by atoms with E-state index in [9.17, 15) is 10.4 Å². The minimum Gasteiger partial charge on any atom is -0.385 e. The smallest absolute Gasteiger partial charge is 0.114 e. The highest BCUT2D eigenvalue weighted by molar-refractivity contribution is 5.16. The quantitative estimate of drug-likeness (QED) is 0.897. The van der Waals surface area contributed by atoms with Crippen molar-refractivity contribution in [3.05, 3.63) is 30.1 Å². The van der Waals surface area contributed by atoms with E-state index in [1.165, 1.54) is 12.8 Å². The molecule has 102 valence electrons. The molecule has 2 rings (SSSR count). The summed E-state index contributed by atoms with van der Waals surface area (Å²) in [5, 5.41) is 20.1. The molecule has 0 aliphatic heterocycles. The average Bonchev–Trinajstić information content (AvgIpc) is 2.49.